The summed E-state index contributed by atoms with van der Waals surface area (Å²) in [5.74, 6) is 1.31. The number of fused-ring (bicyclic) bond motifs is 1. The van der Waals surface area contributed by atoms with Gasteiger partial charge in [-0.05, 0) is 38.2 Å². The molecule has 0 saturated heterocycles. The molecule has 3 nitrogen and oxygen atoms in total. The highest BCUT2D eigenvalue weighted by molar-refractivity contribution is 6.35. The summed E-state index contributed by atoms with van der Waals surface area (Å²) in [6.45, 7) is 8.54. The molecule has 1 heterocycles. The Labute approximate surface area is 130 Å². The molecule has 110 valence electrons. The van der Waals surface area contributed by atoms with Crippen molar-refractivity contribution in [1.82, 2.24) is 14.5 Å². The van der Waals surface area contributed by atoms with E-state index in [2.05, 4.69) is 28.3 Å². The van der Waals surface area contributed by atoms with Gasteiger partial charge < -0.3 is 9.47 Å². The molecule has 0 N–H and O–H groups in total. The van der Waals surface area contributed by atoms with Crippen LogP contribution in [0.25, 0.3) is 11.0 Å². The maximum Gasteiger partial charge on any atom is 0.124 e. The number of hydrogen-bond acceptors (Lipinski definition) is 2. The van der Waals surface area contributed by atoms with E-state index in [4.69, 9.17) is 23.2 Å². The predicted octanol–water partition coefficient (Wildman–Crippen LogP) is 4.16. The van der Waals surface area contributed by atoms with Crippen molar-refractivity contribution in [2.24, 2.45) is 0 Å². The lowest BCUT2D eigenvalue weighted by Gasteiger charge is -2.18. The van der Waals surface area contributed by atoms with Crippen LogP contribution < -0.4 is 0 Å². The van der Waals surface area contributed by atoms with Crippen molar-refractivity contribution in [3.05, 3.63) is 29.0 Å². The molecule has 0 aliphatic rings. The smallest absolute Gasteiger partial charge is 0.124 e. The molecule has 2 rings (SSSR count). The van der Waals surface area contributed by atoms with Crippen LogP contribution in [0, 0.1) is 0 Å². The van der Waals surface area contributed by atoms with Gasteiger partial charge in [0.1, 0.15) is 5.82 Å². The maximum absolute atomic E-state index is 6.31. The molecule has 0 radical (unpaired) electrons. The third-order valence-corrected chi connectivity index (χ3v) is 4.21. The Kier molecular flexibility index (Phi) is 5.70. The minimum atomic E-state index is 0.413. The van der Waals surface area contributed by atoms with Gasteiger partial charge in [0.2, 0.25) is 0 Å². The molecule has 0 aliphatic heterocycles. The number of aryl methyl sites for hydroxylation is 1. The van der Waals surface area contributed by atoms with E-state index in [1.54, 1.807) is 0 Å². The molecule has 0 fully saturated rings. The van der Waals surface area contributed by atoms with E-state index >= 15 is 0 Å². The summed E-state index contributed by atoms with van der Waals surface area (Å²) in [5.41, 5.74) is 1.93. The minimum absolute atomic E-state index is 0.413. The molecule has 0 bridgehead atoms. The van der Waals surface area contributed by atoms with Crippen LogP contribution in [0.1, 0.15) is 26.1 Å². The van der Waals surface area contributed by atoms with Crippen molar-refractivity contribution in [3.63, 3.8) is 0 Å². The second-order valence-electron chi connectivity index (χ2n) is 4.80. The van der Waals surface area contributed by atoms with Gasteiger partial charge in [-0.25, -0.2) is 4.98 Å². The number of aromatic nitrogens is 2. The van der Waals surface area contributed by atoms with Crippen LogP contribution in [0.3, 0.4) is 0 Å². The van der Waals surface area contributed by atoms with Crippen LogP contribution in [-0.2, 0) is 12.4 Å². The highest BCUT2D eigenvalue weighted by Gasteiger charge is 2.12. The normalized spacial score (nSPS) is 11.7. The van der Waals surface area contributed by atoms with Gasteiger partial charge >= 0.3 is 0 Å². The van der Waals surface area contributed by atoms with Crippen molar-refractivity contribution in [3.8, 4) is 0 Å². The van der Waals surface area contributed by atoms with E-state index in [1.807, 2.05) is 18.2 Å². The van der Waals surface area contributed by atoms with Crippen LogP contribution >= 0.6 is 23.2 Å². The highest BCUT2D eigenvalue weighted by Crippen LogP contribution is 2.25. The van der Waals surface area contributed by atoms with Crippen molar-refractivity contribution in [1.29, 1.82) is 0 Å². The van der Waals surface area contributed by atoms with Gasteiger partial charge in [-0.2, -0.15) is 0 Å². The Morgan fingerprint density at radius 3 is 2.65 bits per heavy atom. The molecular weight excluding hydrogens is 293 g/mol. The Hall–Kier alpha value is -0.770. The zero-order valence-electron chi connectivity index (χ0n) is 12.1. The number of para-hydroxylation sites is 1. The maximum atomic E-state index is 6.31. The van der Waals surface area contributed by atoms with Gasteiger partial charge in [0.05, 0.1) is 21.9 Å². The number of benzene rings is 1. The highest BCUT2D eigenvalue weighted by atomic mass is 35.5. The lowest BCUT2D eigenvalue weighted by molar-refractivity contribution is 0.293. The largest absolute Gasteiger partial charge is 0.326 e. The summed E-state index contributed by atoms with van der Waals surface area (Å²) < 4.78 is 2.16. The number of imidazole rings is 1. The first-order chi connectivity index (χ1) is 9.71. The average molecular weight is 314 g/mol. The Bertz CT molecular complexity index is 561. The number of halogens is 2. The van der Waals surface area contributed by atoms with E-state index in [-0.39, 0.29) is 0 Å². The first-order valence-electron chi connectivity index (χ1n) is 7.13. The van der Waals surface area contributed by atoms with Crippen LogP contribution in [0.2, 0.25) is 5.02 Å². The fourth-order valence-electron chi connectivity index (χ4n) is 2.52. The Morgan fingerprint density at radius 1 is 1.25 bits per heavy atom. The second-order valence-corrected chi connectivity index (χ2v) is 5.48. The summed E-state index contributed by atoms with van der Waals surface area (Å²) in [6.07, 6.45) is 1.07. The van der Waals surface area contributed by atoms with Crippen LogP contribution in [0.15, 0.2) is 18.2 Å². The standard InChI is InChI=1S/C15H21Cl2N3/c1-3-19(4-2)9-6-10-20-14(11-16)18-13-8-5-7-12(17)15(13)20/h5,7-8H,3-4,6,9-11H2,1-2H3. The first kappa shape index (κ1) is 15.6. The van der Waals surface area contributed by atoms with Gasteiger partial charge in [-0.3, -0.25) is 0 Å². The fourth-order valence-corrected chi connectivity index (χ4v) is 3.00. The summed E-state index contributed by atoms with van der Waals surface area (Å²) in [5, 5.41) is 0.745. The molecule has 0 saturated carbocycles. The molecule has 5 heteroatoms. The number of nitrogens with zero attached hydrogens (tertiary/aromatic N) is 3. The minimum Gasteiger partial charge on any atom is -0.326 e. The molecule has 0 spiro atoms. The van der Waals surface area contributed by atoms with Crippen molar-refractivity contribution in [2.45, 2.75) is 32.7 Å². The summed E-state index contributed by atoms with van der Waals surface area (Å²) in [6, 6.07) is 5.82. The third-order valence-electron chi connectivity index (χ3n) is 3.67. The molecule has 1 aromatic heterocycles. The van der Waals surface area contributed by atoms with Gasteiger partial charge in [0.15, 0.2) is 0 Å². The Balaban J connectivity index is 2.20. The first-order valence-corrected chi connectivity index (χ1v) is 8.04. The molecule has 20 heavy (non-hydrogen) atoms. The molecule has 0 aliphatic carbocycles. The molecule has 0 unspecified atom stereocenters. The summed E-state index contributed by atoms with van der Waals surface area (Å²) in [7, 11) is 0. The lowest BCUT2D eigenvalue weighted by Crippen LogP contribution is -2.25. The van der Waals surface area contributed by atoms with Gasteiger partial charge in [-0.15, -0.1) is 11.6 Å². The van der Waals surface area contributed by atoms with Crippen LogP contribution in [-0.4, -0.2) is 34.1 Å². The quantitative estimate of drug-likeness (QED) is 0.716. The van der Waals surface area contributed by atoms with Gasteiger partial charge in [0.25, 0.3) is 0 Å². The number of hydrogen-bond donors (Lipinski definition) is 0. The SMILES string of the molecule is CCN(CC)CCCn1c(CCl)nc2cccc(Cl)c21. The van der Waals surface area contributed by atoms with Crippen molar-refractivity contribution in [2.75, 3.05) is 19.6 Å². The molecule has 2 aromatic rings. The zero-order valence-corrected chi connectivity index (χ0v) is 13.6. The van der Waals surface area contributed by atoms with Crippen molar-refractivity contribution < 1.29 is 0 Å². The fraction of sp³-hybridized carbons (Fsp3) is 0.533. The lowest BCUT2D eigenvalue weighted by atomic mass is 10.3. The molecule has 1 aromatic carbocycles. The second kappa shape index (κ2) is 7.30. The van der Waals surface area contributed by atoms with Gasteiger partial charge in [0, 0.05) is 6.54 Å². The topological polar surface area (TPSA) is 21.1 Å². The number of rotatable bonds is 7. The summed E-state index contributed by atoms with van der Waals surface area (Å²) in [4.78, 5) is 6.98. The van der Waals surface area contributed by atoms with E-state index in [9.17, 15) is 0 Å². The van der Waals surface area contributed by atoms with Crippen molar-refractivity contribution >= 4 is 34.2 Å². The zero-order chi connectivity index (χ0) is 14.5. The molecule has 0 amide bonds. The van der Waals surface area contributed by atoms with E-state index in [0.717, 1.165) is 54.5 Å². The monoisotopic (exact) mass is 313 g/mol. The van der Waals surface area contributed by atoms with Gasteiger partial charge in [-0.1, -0.05) is 31.5 Å². The Morgan fingerprint density at radius 2 is 2.00 bits per heavy atom. The van der Waals surface area contributed by atoms with Crippen LogP contribution in [0.5, 0.6) is 0 Å². The predicted molar refractivity (Wildman–Crippen MR) is 86.7 cm³/mol. The number of alkyl halides is 1. The van der Waals surface area contributed by atoms with E-state index < -0.39 is 0 Å². The molecular formula is C15H21Cl2N3. The average Bonchev–Trinajstić information content (AvgIpc) is 2.83. The summed E-state index contributed by atoms with van der Waals surface area (Å²) >= 11 is 12.3. The van der Waals surface area contributed by atoms with E-state index in [0.29, 0.717) is 5.88 Å². The van der Waals surface area contributed by atoms with Crippen LogP contribution in [0.4, 0.5) is 0 Å². The van der Waals surface area contributed by atoms with E-state index in [1.165, 1.54) is 0 Å². The molecule has 0 atom stereocenters. The third kappa shape index (κ3) is 3.27.